The molecule has 5 nitrogen and oxygen atoms in total. The Kier molecular flexibility index (Phi) is 8.80. The van der Waals surface area contributed by atoms with Crippen molar-refractivity contribution < 1.29 is 23.8 Å². The van der Waals surface area contributed by atoms with Crippen LogP contribution < -0.4 is 4.74 Å². The average Bonchev–Trinajstić information content (AvgIpc) is 2.57. The van der Waals surface area contributed by atoms with Gasteiger partial charge in [0.2, 0.25) is 0 Å². The fourth-order valence-corrected chi connectivity index (χ4v) is 2.08. The lowest BCUT2D eigenvalue weighted by Crippen LogP contribution is -2.24. The number of carbonyl (C=O) groups excluding carboxylic acids is 2. The van der Waals surface area contributed by atoms with E-state index in [0.29, 0.717) is 19.6 Å². The molecular formula is C18H26O5. The van der Waals surface area contributed by atoms with E-state index in [9.17, 15) is 9.59 Å². The molecule has 1 aromatic carbocycles. The van der Waals surface area contributed by atoms with Crippen molar-refractivity contribution in [1.29, 1.82) is 0 Å². The molecule has 23 heavy (non-hydrogen) atoms. The summed E-state index contributed by atoms with van der Waals surface area (Å²) >= 11 is 0. The van der Waals surface area contributed by atoms with Gasteiger partial charge in [-0.2, -0.15) is 0 Å². The van der Waals surface area contributed by atoms with Crippen LogP contribution in [0.25, 0.3) is 0 Å². The minimum absolute atomic E-state index is 0.0363. The fraction of sp³-hybridized carbons (Fsp3) is 0.556. The lowest BCUT2D eigenvalue weighted by molar-refractivity contribution is -0.155. The number of carbonyl (C=O) groups is 2. The van der Waals surface area contributed by atoms with Gasteiger partial charge >= 0.3 is 11.9 Å². The topological polar surface area (TPSA) is 61.8 Å². The van der Waals surface area contributed by atoms with Crippen LogP contribution in [0.5, 0.6) is 5.75 Å². The summed E-state index contributed by atoms with van der Waals surface area (Å²) in [6, 6.07) is 7.44. The summed E-state index contributed by atoms with van der Waals surface area (Å²) in [7, 11) is 1.60. The number of rotatable bonds is 10. The molecule has 0 aliphatic heterocycles. The Balaban J connectivity index is 2.72. The first-order valence-corrected chi connectivity index (χ1v) is 8.05. The molecular weight excluding hydrogens is 296 g/mol. The Labute approximate surface area is 137 Å². The average molecular weight is 322 g/mol. The number of ether oxygens (including phenoxy) is 3. The Hall–Kier alpha value is -2.04. The molecule has 0 heterocycles. The maximum absolute atomic E-state index is 12.2. The van der Waals surface area contributed by atoms with E-state index in [2.05, 4.69) is 0 Å². The summed E-state index contributed by atoms with van der Waals surface area (Å²) in [5, 5.41) is 0. The van der Waals surface area contributed by atoms with Gasteiger partial charge in [-0.1, -0.05) is 26.0 Å². The van der Waals surface area contributed by atoms with Gasteiger partial charge in [0.25, 0.3) is 0 Å². The zero-order chi connectivity index (χ0) is 17.1. The molecule has 0 fully saturated rings. The van der Waals surface area contributed by atoms with Crippen molar-refractivity contribution in [1.82, 2.24) is 0 Å². The molecule has 5 heteroatoms. The van der Waals surface area contributed by atoms with Crippen LogP contribution in [-0.4, -0.2) is 32.3 Å². The molecule has 0 amide bonds. The van der Waals surface area contributed by atoms with Crippen molar-refractivity contribution in [2.24, 2.45) is 5.92 Å². The van der Waals surface area contributed by atoms with Gasteiger partial charge in [0.1, 0.15) is 5.75 Å². The summed E-state index contributed by atoms with van der Waals surface area (Å²) in [6.07, 6.45) is 1.98. The van der Waals surface area contributed by atoms with Crippen LogP contribution in [-0.2, 0) is 25.5 Å². The van der Waals surface area contributed by atoms with Gasteiger partial charge in [-0.05, 0) is 37.0 Å². The summed E-state index contributed by atoms with van der Waals surface area (Å²) in [5.74, 6) is -0.490. The third-order valence-electron chi connectivity index (χ3n) is 3.30. The Bertz CT molecular complexity index is 481. The predicted molar refractivity (Wildman–Crippen MR) is 87.3 cm³/mol. The standard InChI is InChI=1S/C18H26O5/c1-4-10-22-17(19)13-15(18(20)23-11-5-2)12-14-6-8-16(21-3)9-7-14/h6-9,15H,4-5,10-13H2,1-3H3. The number of hydrogen-bond acceptors (Lipinski definition) is 5. The predicted octanol–water partition coefficient (Wildman–Crippen LogP) is 3.15. The lowest BCUT2D eigenvalue weighted by Gasteiger charge is -2.15. The minimum Gasteiger partial charge on any atom is -0.497 e. The number of benzene rings is 1. The van der Waals surface area contributed by atoms with E-state index in [1.165, 1.54) is 0 Å². The van der Waals surface area contributed by atoms with Crippen LogP contribution in [0.3, 0.4) is 0 Å². The lowest BCUT2D eigenvalue weighted by atomic mass is 9.96. The van der Waals surface area contributed by atoms with Crippen LogP contribution in [0.4, 0.5) is 0 Å². The molecule has 1 aromatic rings. The highest BCUT2D eigenvalue weighted by molar-refractivity contribution is 5.80. The van der Waals surface area contributed by atoms with Crippen molar-refractivity contribution in [2.45, 2.75) is 39.5 Å². The second kappa shape index (κ2) is 10.6. The van der Waals surface area contributed by atoms with Crippen molar-refractivity contribution >= 4 is 11.9 Å². The Morgan fingerprint density at radius 3 is 2.17 bits per heavy atom. The molecule has 1 unspecified atom stereocenters. The first-order chi connectivity index (χ1) is 11.1. The fourth-order valence-electron chi connectivity index (χ4n) is 2.08. The van der Waals surface area contributed by atoms with Gasteiger partial charge < -0.3 is 14.2 Å². The second-order valence-electron chi connectivity index (χ2n) is 5.34. The molecule has 0 saturated heterocycles. The van der Waals surface area contributed by atoms with Crippen LogP contribution in [0.15, 0.2) is 24.3 Å². The highest BCUT2D eigenvalue weighted by atomic mass is 16.5. The van der Waals surface area contributed by atoms with Crippen molar-refractivity contribution in [3.63, 3.8) is 0 Å². The van der Waals surface area contributed by atoms with Gasteiger partial charge in [0, 0.05) is 0 Å². The Morgan fingerprint density at radius 1 is 1.00 bits per heavy atom. The molecule has 0 aliphatic rings. The first-order valence-electron chi connectivity index (χ1n) is 8.05. The quantitative estimate of drug-likeness (QED) is 0.619. The molecule has 0 radical (unpaired) electrons. The van der Waals surface area contributed by atoms with Gasteiger partial charge in [-0.15, -0.1) is 0 Å². The monoisotopic (exact) mass is 322 g/mol. The molecule has 0 bridgehead atoms. The zero-order valence-electron chi connectivity index (χ0n) is 14.2. The highest BCUT2D eigenvalue weighted by Crippen LogP contribution is 2.18. The largest absolute Gasteiger partial charge is 0.497 e. The van der Waals surface area contributed by atoms with Crippen LogP contribution in [0, 0.1) is 5.92 Å². The minimum atomic E-state index is -0.528. The molecule has 1 rings (SSSR count). The second-order valence-corrected chi connectivity index (χ2v) is 5.34. The highest BCUT2D eigenvalue weighted by Gasteiger charge is 2.24. The molecule has 0 N–H and O–H groups in total. The Morgan fingerprint density at radius 2 is 1.61 bits per heavy atom. The number of esters is 2. The van der Waals surface area contributed by atoms with E-state index >= 15 is 0 Å². The maximum atomic E-state index is 12.2. The van der Waals surface area contributed by atoms with Gasteiger partial charge in [0.15, 0.2) is 0 Å². The van der Waals surface area contributed by atoms with Crippen LogP contribution in [0.1, 0.15) is 38.7 Å². The number of hydrogen-bond donors (Lipinski definition) is 0. The van der Waals surface area contributed by atoms with E-state index in [-0.39, 0.29) is 18.4 Å². The SMILES string of the molecule is CCCOC(=O)CC(Cc1ccc(OC)cc1)C(=O)OCCC. The summed E-state index contributed by atoms with van der Waals surface area (Å²) in [4.78, 5) is 24.0. The number of methoxy groups -OCH3 is 1. The first kappa shape index (κ1) is 19.0. The third kappa shape index (κ3) is 7.17. The van der Waals surface area contributed by atoms with E-state index in [1.807, 2.05) is 38.1 Å². The zero-order valence-corrected chi connectivity index (χ0v) is 14.2. The van der Waals surface area contributed by atoms with E-state index < -0.39 is 5.92 Å². The van der Waals surface area contributed by atoms with E-state index in [0.717, 1.165) is 24.2 Å². The molecule has 0 spiro atoms. The van der Waals surface area contributed by atoms with Gasteiger partial charge in [-0.25, -0.2) is 0 Å². The maximum Gasteiger partial charge on any atom is 0.309 e. The van der Waals surface area contributed by atoms with Crippen LogP contribution in [0.2, 0.25) is 0 Å². The molecule has 0 aliphatic carbocycles. The van der Waals surface area contributed by atoms with Crippen molar-refractivity contribution in [3.8, 4) is 5.75 Å². The smallest absolute Gasteiger partial charge is 0.309 e. The molecule has 0 aromatic heterocycles. The van der Waals surface area contributed by atoms with Gasteiger partial charge in [0.05, 0.1) is 32.7 Å². The molecule has 0 saturated carbocycles. The van der Waals surface area contributed by atoms with Gasteiger partial charge in [-0.3, -0.25) is 9.59 Å². The van der Waals surface area contributed by atoms with E-state index in [1.54, 1.807) is 7.11 Å². The van der Waals surface area contributed by atoms with Crippen molar-refractivity contribution in [3.05, 3.63) is 29.8 Å². The van der Waals surface area contributed by atoms with Crippen LogP contribution >= 0.6 is 0 Å². The molecule has 128 valence electrons. The summed E-state index contributed by atoms with van der Waals surface area (Å²) in [6.45, 7) is 4.60. The van der Waals surface area contributed by atoms with Crippen molar-refractivity contribution in [2.75, 3.05) is 20.3 Å². The molecule has 1 atom stereocenters. The summed E-state index contributed by atoms with van der Waals surface area (Å²) < 4.78 is 15.4. The third-order valence-corrected chi connectivity index (χ3v) is 3.30. The van der Waals surface area contributed by atoms with E-state index in [4.69, 9.17) is 14.2 Å². The summed E-state index contributed by atoms with van der Waals surface area (Å²) in [5.41, 5.74) is 0.951. The normalized spacial score (nSPS) is 11.6.